The van der Waals surface area contributed by atoms with E-state index in [2.05, 4.69) is 49.3 Å². The van der Waals surface area contributed by atoms with E-state index in [4.69, 9.17) is 16.0 Å². The van der Waals surface area contributed by atoms with Crippen molar-refractivity contribution in [1.29, 1.82) is 0 Å². The Kier molecular flexibility index (Phi) is 6.46. The molecule has 0 radical (unpaired) electrons. The quantitative estimate of drug-likeness (QED) is 0.488. The molecule has 2 aromatic rings. The van der Waals surface area contributed by atoms with Crippen LogP contribution in [0.1, 0.15) is 59.1 Å². The Bertz CT molecular complexity index is 1130. The van der Waals surface area contributed by atoms with Gasteiger partial charge >= 0.3 is 12.2 Å². The number of alkyl halides is 3. The molecule has 35 heavy (non-hydrogen) atoms. The number of hydrogen-bond acceptors (Lipinski definition) is 4. The molecule has 2 aromatic heterocycles. The second kappa shape index (κ2) is 8.62. The highest BCUT2D eigenvalue weighted by molar-refractivity contribution is 6.74. The molecule has 4 rings (SSSR count). The summed E-state index contributed by atoms with van der Waals surface area (Å²) in [6.07, 6.45) is -0.0580. The average Bonchev–Trinajstić information content (AvgIpc) is 3.25. The fraction of sp³-hybridized carbons (Fsp3) is 0.696. The summed E-state index contributed by atoms with van der Waals surface area (Å²) < 4.78 is 50.8. The van der Waals surface area contributed by atoms with Crippen LogP contribution in [-0.2, 0) is 9.84 Å². The zero-order valence-corrected chi connectivity index (χ0v) is 22.7. The molecule has 3 atom stereocenters. The Morgan fingerprint density at radius 2 is 1.91 bits per heavy atom. The van der Waals surface area contributed by atoms with Crippen molar-refractivity contribution in [3.05, 3.63) is 23.1 Å². The molecule has 2 aliphatic rings. The van der Waals surface area contributed by atoms with Crippen LogP contribution in [0.25, 0.3) is 5.65 Å². The number of halogens is 4. The van der Waals surface area contributed by atoms with Crippen LogP contribution in [0.4, 0.5) is 23.7 Å². The summed E-state index contributed by atoms with van der Waals surface area (Å²) in [5.74, 6) is 0. The Morgan fingerprint density at radius 1 is 1.26 bits per heavy atom. The number of nitrogens with zero attached hydrogens (tertiary/aromatic N) is 4. The number of aromatic nitrogens is 3. The first-order valence-electron chi connectivity index (χ1n) is 11.9. The molecule has 1 aliphatic carbocycles. The predicted octanol–water partition coefficient (Wildman–Crippen LogP) is 6.07. The van der Waals surface area contributed by atoms with E-state index in [-0.39, 0.29) is 39.4 Å². The van der Waals surface area contributed by atoms with Gasteiger partial charge in [0.25, 0.3) is 0 Å². The Morgan fingerprint density at radius 3 is 2.54 bits per heavy atom. The first-order chi connectivity index (χ1) is 16.0. The van der Waals surface area contributed by atoms with E-state index in [1.165, 1.54) is 12.3 Å². The third-order valence-corrected chi connectivity index (χ3v) is 12.5. The largest absolute Gasteiger partial charge is 0.412 e. The van der Waals surface area contributed by atoms with E-state index in [1.807, 2.05) is 0 Å². The third kappa shape index (κ3) is 4.55. The molecule has 1 unspecified atom stereocenters. The van der Waals surface area contributed by atoms with E-state index in [0.717, 1.165) is 35.6 Å². The van der Waals surface area contributed by atoms with Gasteiger partial charge in [-0.1, -0.05) is 45.2 Å². The molecule has 1 saturated carbocycles. The van der Waals surface area contributed by atoms with Crippen LogP contribution < -0.4 is 10.2 Å². The summed E-state index contributed by atoms with van der Waals surface area (Å²) in [5.41, 5.74) is -2.21. The van der Waals surface area contributed by atoms with Crippen LogP contribution in [0, 0.1) is 0 Å². The number of carbonyl (C=O) groups excluding carboxylic acids is 1. The maximum absolute atomic E-state index is 14.3. The molecule has 194 valence electrons. The number of nitrogens with one attached hydrogen (secondary N) is 1. The van der Waals surface area contributed by atoms with E-state index >= 15 is 0 Å². The fourth-order valence-corrected chi connectivity index (χ4v) is 6.25. The van der Waals surface area contributed by atoms with Crippen LogP contribution >= 0.6 is 11.6 Å². The molecule has 1 N–H and O–H groups in total. The minimum Gasteiger partial charge on any atom is -0.412 e. The summed E-state index contributed by atoms with van der Waals surface area (Å²) in [5, 5.41) is 7.06. The van der Waals surface area contributed by atoms with Crippen LogP contribution in [0.3, 0.4) is 0 Å². The van der Waals surface area contributed by atoms with Gasteiger partial charge in [-0.15, -0.1) is 0 Å². The van der Waals surface area contributed by atoms with Gasteiger partial charge in [0.15, 0.2) is 19.1 Å². The van der Waals surface area contributed by atoms with Gasteiger partial charge in [-0.3, -0.25) is 4.90 Å². The van der Waals surface area contributed by atoms with Gasteiger partial charge in [0.1, 0.15) is 5.41 Å². The van der Waals surface area contributed by atoms with E-state index < -0.39 is 32.5 Å². The lowest BCUT2D eigenvalue weighted by Gasteiger charge is -2.43. The highest BCUT2D eigenvalue weighted by Crippen LogP contribution is 2.50. The van der Waals surface area contributed by atoms with Gasteiger partial charge in [-0.05, 0) is 37.9 Å². The lowest BCUT2D eigenvalue weighted by Crippen LogP contribution is -2.56. The van der Waals surface area contributed by atoms with Crippen LogP contribution in [0.2, 0.25) is 23.3 Å². The molecular formula is C23H33ClF3N5O2Si. The summed E-state index contributed by atoms with van der Waals surface area (Å²) in [4.78, 5) is 18.8. The number of carbonyl (C=O) groups is 1. The van der Waals surface area contributed by atoms with Crippen molar-refractivity contribution < 1.29 is 22.4 Å². The monoisotopic (exact) mass is 531 g/mol. The fourth-order valence-electron chi connectivity index (χ4n) is 4.69. The lowest BCUT2D eigenvalue weighted by molar-refractivity contribution is -0.181. The van der Waals surface area contributed by atoms with Crippen LogP contribution in [-0.4, -0.2) is 53.8 Å². The molecule has 0 aromatic carbocycles. The molecule has 0 bridgehead atoms. The second-order valence-electron chi connectivity index (χ2n) is 11.4. The molecule has 0 saturated heterocycles. The van der Waals surface area contributed by atoms with Gasteiger partial charge in [0.2, 0.25) is 0 Å². The SMILES string of the molecule is CC(C)(C)[Si](C)(C)OC1CCCC[C@H]1NC(=O)N1C[C@@](C)(C(F)(F)F)c2c1cnc1cc(Cl)nn21. The summed E-state index contributed by atoms with van der Waals surface area (Å²) in [6, 6.07) is 0.531. The standard InChI is InChI=1S/C23H33ClF3N5O2Si/c1-21(2,3)35(5,6)34-16-10-8-7-9-14(16)29-20(33)31-13-22(4,23(25,26)27)19-15(31)12-28-18-11-17(24)30-32(18)19/h11-12,14,16H,7-10,13H2,1-6H3,(H,29,33)/t14-,16?,22-/m1/s1. The van der Waals surface area contributed by atoms with Crippen molar-refractivity contribution >= 4 is 37.3 Å². The second-order valence-corrected chi connectivity index (χ2v) is 16.5. The molecular weight excluding hydrogens is 499 g/mol. The minimum atomic E-state index is -4.62. The zero-order chi connectivity index (χ0) is 26.0. The minimum absolute atomic E-state index is 0.00347. The maximum Gasteiger partial charge on any atom is 0.401 e. The van der Waals surface area contributed by atoms with E-state index in [9.17, 15) is 18.0 Å². The molecule has 3 heterocycles. The van der Waals surface area contributed by atoms with Crippen molar-refractivity contribution in [3.63, 3.8) is 0 Å². The summed E-state index contributed by atoms with van der Waals surface area (Å²) in [7, 11) is -2.10. The van der Waals surface area contributed by atoms with Crippen molar-refractivity contribution in [2.24, 2.45) is 0 Å². The van der Waals surface area contributed by atoms with Crippen LogP contribution in [0.5, 0.6) is 0 Å². The molecule has 1 fully saturated rings. The predicted molar refractivity (Wildman–Crippen MR) is 132 cm³/mol. The topological polar surface area (TPSA) is 71.8 Å². The molecule has 7 nitrogen and oxygen atoms in total. The van der Waals surface area contributed by atoms with Crippen molar-refractivity contribution in [3.8, 4) is 0 Å². The number of urea groups is 1. The lowest BCUT2D eigenvalue weighted by atomic mass is 9.87. The van der Waals surface area contributed by atoms with Gasteiger partial charge in [0.05, 0.1) is 29.7 Å². The van der Waals surface area contributed by atoms with Crippen molar-refractivity contribution in [1.82, 2.24) is 19.9 Å². The average molecular weight is 532 g/mol. The van der Waals surface area contributed by atoms with Crippen molar-refractivity contribution in [2.75, 3.05) is 11.4 Å². The molecule has 12 heteroatoms. The Balaban J connectivity index is 1.65. The summed E-state index contributed by atoms with van der Waals surface area (Å²) >= 11 is 5.96. The molecule has 1 aliphatic heterocycles. The number of hydrogen-bond donors (Lipinski definition) is 1. The van der Waals surface area contributed by atoms with Gasteiger partial charge in [-0.2, -0.15) is 18.3 Å². The molecule has 2 amide bonds. The number of anilines is 1. The maximum atomic E-state index is 14.3. The van der Waals surface area contributed by atoms with Gasteiger partial charge in [0, 0.05) is 12.6 Å². The summed E-state index contributed by atoms with van der Waals surface area (Å²) in [6.45, 7) is 11.3. The highest BCUT2D eigenvalue weighted by Gasteiger charge is 2.60. The van der Waals surface area contributed by atoms with Gasteiger partial charge < -0.3 is 9.74 Å². The van der Waals surface area contributed by atoms with E-state index in [1.54, 1.807) is 0 Å². The highest BCUT2D eigenvalue weighted by atomic mass is 35.5. The number of fused-ring (bicyclic) bond motifs is 3. The first kappa shape index (κ1) is 26.2. The first-order valence-corrected chi connectivity index (χ1v) is 15.2. The Labute approximate surface area is 209 Å². The normalized spacial score (nSPS) is 25.7. The number of rotatable bonds is 3. The smallest absolute Gasteiger partial charge is 0.401 e. The molecule has 0 spiro atoms. The van der Waals surface area contributed by atoms with Crippen LogP contribution in [0.15, 0.2) is 12.3 Å². The van der Waals surface area contributed by atoms with Gasteiger partial charge in [-0.25, -0.2) is 14.3 Å². The number of amides is 2. The van der Waals surface area contributed by atoms with E-state index in [0.29, 0.717) is 6.42 Å². The Hall–Kier alpha value is -1.85. The van der Waals surface area contributed by atoms with Crippen molar-refractivity contribution in [2.45, 2.75) is 95.2 Å². The third-order valence-electron chi connectivity index (χ3n) is 7.86. The zero-order valence-electron chi connectivity index (χ0n) is 21.0.